The van der Waals surface area contributed by atoms with Crippen LogP contribution < -0.4 is 10.1 Å². The number of nitrogens with one attached hydrogen (secondary N) is 1. The average molecular weight is 289 g/mol. The van der Waals surface area contributed by atoms with Crippen LogP contribution in [0.25, 0.3) is 5.65 Å². The lowest BCUT2D eigenvalue weighted by Crippen LogP contribution is -2.06. The summed E-state index contributed by atoms with van der Waals surface area (Å²) in [5.41, 5.74) is 2.16. The number of pyridine rings is 1. The van der Waals surface area contributed by atoms with Crippen LogP contribution in [-0.2, 0) is 6.54 Å². The van der Waals surface area contributed by atoms with Crippen LogP contribution in [0.4, 0.5) is 14.5 Å². The van der Waals surface area contributed by atoms with Crippen LogP contribution in [0.15, 0.2) is 54.9 Å². The molecular weight excluding hydrogens is 276 g/mol. The maximum absolute atomic E-state index is 12.3. The maximum atomic E-state index is 12.3. The standard InChI is InChI=1S/C15H13F2N3O/c16-15(17)21-13-6-2-1-5-12(13)18-9-11-10-20-8-4-3-7-14(20)19-11/h1-8,10,15,18H,9H2. The van der Waals surface area contributed by atoms with Gasteiger partial charge in [-0.2, -0.15) is 8.78 Å². The van der Waals surface area contributed by atoms with Crippen molar-refractivity contribution in [3.63, 3.8) is 0 Å². The Labute approximate surface area is 120 Å². The molecule has 0 spiro atoms. The van der Waals surface area contributed by atoms with Crippen molar-refractivity contribution < 1.29 is 13.5 Å². The highest BCUT2D eigenvalue weighted by molar-refractivity contribution is 5.56. The molecule has 0 atom stereocenters. The minimum absolute atomic E-state index is 0.122. The quantitative estimate of drug-likeness (QED) is 0.780. The van der Waals surface area contributed by atoms with Crippen LogP contribution in [0.2, 0.25) is 0 Å². The summed E-state index contributed by atoms with van der Waals surface area (Å²) in [7, 11) is 0. The highest BCUT2D eigenvalue weighted by Crippen LogP contribution is 2.25. The van der Waals surface area contributed by atoms with Crippen LogP contribution in [0.3, 0.4) is 0 Å². The number of ether oxygens (including phenoxy) is 1. The first-order chi connectivity index (χ1) is 10.2. The van der Waals surface area contributed by atoms with E-state index in [9.17, 15) is 8.78 Å². The smallest absolute Gasteiger partial charge is 0.387 e. The van der Waals surface area contributed by atoms with Crippen LogP contribution >= 0.6 is 0 Å². The van der Waals surface area contributed by atoms with Gasteiger partial charge < -0.3 is 14.5 Å². The van der Waals surface area contributed by atoms with Crippen molar-refractivity contribution in [2.24, 2.45) is 0 Å². The van der Waals surface area contributed by atoms with Crippen LogP contribution in [-0.4, -0.2) is 16.0 Å². The van der Waals surface area contributed by atoms with E-state index in [1.165, 1.54) is 6.07 Å². The van der Waals surface area contributed by atoms with E-state index in [1.54, 1.807) is 18.2 Å². The second-order valence-corrected chi connectivity index (χ2v) is 4.43. The zero-order chi connectivity index (χ0) is 14.7. The summed E-state index contributed by atoms with van der Waals surface area (Å²) in [6, 6.07) is 12.3. The molecule has 4 nitrogen and oxygen atoms in total. The summed E-state index contributed by atoms with van der Waals surface area (Å²) < 4.78 is 31.0. The predicted molar refractivity (Wildman–Crippen MR) is 75.6 cm³/mol. The molecule has 3 rings (SSSR count). The van der Waals surface area contributed by atoms with Gasteiger partial charge in [-0.25, -0.2) is 4.98 Å². The molecule has 2 aromatic heterocycles. The predicted octanol–water partition coefficient (Wildman–Crippen LogP) is 3.55. The Morgan fingerprint density at radius 1 is 1.14 bits per heavy atom. The molecule has 0 radical (unpaired) electrons. The highest BCUT2D eigenvalue weighted by Gasteiger charge is 2.09. The lowest BCUT2D eigenvalue weighted by Gasteiger charge is -2.11. The summed E-state index contributed by atoms with van der Waals surface area (Å²) >= 11 is 0. The molecule has 0 saturated carbocycles. The van der Waals surface area contributed by atoms with Gasteiger partial charge >= 0.3 is 6.61 Å². The highest BCUT2D eigenvalue weighted by atomic mass is 19.3. The van der Waals surface area contributed by atoms with Crippen LogP contribution in [0.5, 0.6) is 5.75 Å². The number of imidazole rings is 1. The van der Waals surface area contributed by atoms with E-state index < -0.39 is 6.61 Å². The lowest BCUT2D eigenvalue weighted by atomic mass is 10.3. The Morgan fingerprint density at radius 2 is 1.95 bits per heavy atom. The molecule has 0 saturated heterocycles. The molecule has 6 heteroatoms. The normalized spacial score (nSPS) is 11.0. The monoisotopic (exact) mass is 289 g/mol. The van der Waals surface area contributed by atoms with E-state index in [-0.39, 0.29) is 5.75 Å². The van der Waals surface area contributed by atoms with E-state index in [0.717, 1.165) is 11.3 Å². The van der Waals surface area contributed by atoms with Gasteiger partial charge in [0, 0.05) is 12.4 Å². The fourth-order valence-electron chi connectivity index (χ4n) is 2.07. The number of hydrogen-bond donors (Lipinski definition) is 1. The molecule has 3 aromatic rings. The third-order valence-corrected chi connectivity index (χ3v) is 2.98. The van der Waals surface area contributed by atoms with E-state index in [2.05, 4.69) is 15.0 Å². The molecule has 0 aliphatic carbocycles. The van der Waals surface area contributed by atoms with Crippen LogP contribution in [0.1, 0.15) is 5.69 Å². The van der Waals surface area contributed by atoms with E-state index >= 15 is 0 Å². The SMILES string of the molecule is FC(F)Oc1ccccc1NCc1cn2ccccc2n1. The van der Waals surface area contributed by atoms with Crippen molar-refractivity contribution in [2.45, 2.75) is 13.2 Å². The van der Waals surface area contributed by atoms with Gasteiger partial charge in [0.2, 0.25) is 0 Å². The molecule has 21 heavy (non-hydrogen) atoms. The maximum Gasteiger partial charge on any atom is 0.387 e. The van der Waals surface area contributed by atoms with Gasteiger partial charge in [0.25, 0.3) is 0 Å². The molecule has 1 aromatic carbocycles. The number of hydrogen-bond acceptors (Lipinski definition) is 3. The van der Waals surface area contributed by atoms with Gasteiger partial charge in [-0.1, -0.05) is 18.2 Å². The minimum Gasteiger partial charge on any atom is -0.433 e. The number of rotatable bonds is 5. The molecule has 0 bridgehead atoms. The molecule has 0 unspecified atom stereocenters. The molecule has 0 aliphatic heterocycles. The number of fused-ring (bicyclic) bond motifs is 1. The Hall–Kier alpha value is -2.63. The number of alkyl halides is 2. The lowest BCUT2D eigenvalue weighted by molar-refractivity contribution is -0.0493. The van der Waals surface area contributed by atoms with Gasteiger partial charge in [0.15, 0.2) is 0 Å². The number of halogens is 2. The van der Waals surface area contributed by atoms with Crippen molar-refractivity contribution >= 4 is 11.3 Å². The van der Waals surface area contributed by atoms with Crippen molar-refractivity contribution in [1.29, 1.82) is 0 Å². The zero-order valence-electron chi connectivity index (χ0n) is 11.0. The zero-order valence-corrected chi connectivity index (χ0v) is 11.0. The van der Waals surface area contributed by atoms with Gasteiger partial charge in [-0.3, -0.25) is 0 Å². The molecule has 108 valence electrons. The Kier molecular flexibility index (Phi) is 3.68. The van der Waals surface area contributed by atoms with Crippen molar-refractivity contribution in [2.75, 3.05) is 5.32 Å². The Morgan fingerprint density at radius 3 is 2.76 bits per heavy atom. The van der Waals surface area contributed by atoms with Crippen LogP contribution in [0, 0.1) is 0 Å². The molecule has 2 heterocycles. The molecule has 0 fully saturated rings. The second-order valence-electron chi connectivity index (χ2n) is 4.43. The minimum atomic E-state index is -2.84. The summed E-state index contributed by atoms with van der Waals surface area (Å²) in [6.45, 7) is -2.42. The molecule has 0 aliphatic rings. The van der Waals surface area contributed by atoms with Crippen molar-refractivity contribution in [1.82, 2.24) is 9.38 Å². The summed E-state index contributed by atoms with van der Waals surface area (Å²) in [6.07, 6.45) is 3.79. The topological polar surface area (TPSA) is 38.6 Å². The Bertz CT molecular complexity index is 709. The first kappa shape index (κ1) is 13.4. The first-order valence-electron chi connectivity index (χ1n) is 6.43. The summed E-state index contributed by atoms with van der Waals surface area (Å²) in [5, 5.41) is 3.06. The fraction of sp³-hybridized carbons (Fsp3) is 0.133. The summed E-state index contributed by atoms with van der Waals surface area (Å²) in [4.78, 5) is 4.43. The van der Waals surface area contributed by atoms with Gasteiger partial charge in [0.05, 0.1) is 17.9 Å². The Balaban J connectivity index is 1.75. The average Bonchev–Trinajstić information content (AvgIpc) is 2.88. The number of nitrogens with zero attached hydrogens (tertiary/aromatic N) is 2. The molecule has 0 amide bonds. The largest absolute Gasteiger partial charge is 0.433 e. The van der Waals surface area contributed by atoms with E-state index in [0.29, 0.717) is 12.2 Å². The number of para-hydroxylation sites is 2. The number of aromatic nitrogens is 2. The van der Waals surface area contributed by atoms with Crippen molar-refractivity contribution in [3.05, 3.63) is 60.6 Å². The third-order valence-electron chi connectivity index (χ3n) is 2.98. The van der Waals surface area contributed by atoms with Gasteiger partial charge in [-0.05, 0) is 24.3 Å². The third kappa shape index (κ3) is 3.10. The van der Waals surface area contributed by atoms with Gasteiger partial charge in [0.1, 0.15) is 11.4 Å². The summed E-state index contributed by atoms with van der Waals surface area (Å²) in [5.74, 6) is 0.122. The van der Waals surface area contributed by atoms with Crippen molar-refractivity contribution in [3.8, 4) is 5.75 Å². The molecular formula is C15H13F2N3O. The second kappa shape index (κ2) is 5.78. The molecule has 1 N–H and O–H groups in total. The number of benzene rings is 1. The number of anilines is 1. The van der Waals surface area contributed by atoms with Gasteiger partial charge in [-0.15, -0.1) is 0 Å². The fourth-order valence-corrected chi connectivity index (χ4v) is 2.07. The van der Waals surface area contributed by atoms with E-state index in [4.69, 9.17) is 0 Å². The first-order valence-corrected chi connectivity index (χ1v) is 6.43. The van der Waals surface area contributed by atoms with E-state index in [1.807, 2.05) is 35.0 Å².